The lowest BCUT2D eigenvalue weighted by atomic mass is 10.00. The smallest absolute Gasteiger partial charge is 0.338 e. The van der Waals surface area contributed by atoms with Crippen LogP contribution in [0.2, 0.25) is 0 Å². The van der Waals surface area contributed by atoms with Gasteiger partial charge < -0.3 is 24.5 Å². The number of benzene rings is 1. The molecule has 1 aromatic carbocycles. The van der Waals surface area contributed by atoms with Crippen LogP contribution in [-0.4, -0.2) is 50.3 Å². The number of esters is 1. The molecule has 0 aliphatic carbocycles. The average Bonchev–Trinajstić information content (AvgIpc) is 3.23. The van der Waals surface area contributed by atoms with Crippen LogP contribution < -0.4 is 15.4 Å². The summed E-state index contributed by atoms with van der Waals surface area (Å²) in [6.07, 6.45) is 1.50. The molecule has 2 N–H and O–H groups in total. The first kappa shape index (κ1) is 20.5. The summed E-state index contributed by atoms with van der Waals surface area (Å²) in [7, 11) is 1.89. The Morgan fingerprint density at radius 2 is 2.00 bits per heavy atom. The Morgan fingerprint density at radius 1 is 1.21 bits per heavy atom. The number of furan rings is 1. The van der Waals surface area contributed by atoms with Gasteiger partial charge in [-0.15, -0.1) is 0 Å². The molecule has 1 aromatic heterocycles. The van der Waals surface area contributed by atoms with Crippen molar-refractivity contribution in [3.63, 3.8) is 0 Å². The molecule has 0 fully saturated rings. The summed E-state index contributed by atoms with van der Waals surface area (Å²) < 4.78 is 16.4. The highest BCUT2D eigenvalue weighted by Gasteiger charge is 2.35. The van der Waals surface area contributed by atoms with E-state index in [0.29, 0.717) is 36.7 Å². The van der Waals surface area contributed by atoms with Crippen molar-refractivity contribution >= 4 is 12.0 Å². The number of likely N-dealkylation sites (N-methyl/N-ethyl adjacent to an activating group) is 1. The summed E-state index contributed by atoms with van der Waals surface area (Å²) in [5, 5.41) is 5.47. The molecule has 8 nitrogen and oxygen atoms in total. The standard InChI is InChI=1S/C21H25N3O5/c1-3-27-20(25)18-16(22-21(26)23-19(18)17-10-7-12-29-17)14-24(2)11-13-28-15-8-5-4-6-9-15/h4-10,12,19H,3,11,13-14H2,1-2H3,(H2,22,23,26)/t19-/m0/s1. The Balaban J connectivity index is 1.73. The van der Waals surface area contributed by atoms with Gasteiger partial charge >= 0.3 is 12.0 Å². The first-order valence-electron chi connectivity index (χ1n) is 9.46. The summed E-state index contributed by atoms with van der Waals surface area (Å²) in [4.78, 5) is 26.8. The lowest BCUT2D eigenvalue weighted by Gasteiger charge is -2.29. The number of hydrogen-bond acceptors (Lipinski definition) is 6. The van der Waals surface area contributed by atoms with Gasteiger partial charge in [0.1, 0.15) is 24.2 Å². The van der Waals surface area contributed by atoms with Crippen molar-refractivity contribution in [1.82, 2.24) is 15.5 Å². The number of carbonyl (C=O) groups excluding carboxylic acids is 2. The van der Waals surface area contributed by atoms with E-state index >= 15 is 0 Å². The quantitative estimate of drug-likeness (QED) is 0.629. The van der Waals surface area contributed by atoms with Crippen LogP contribution >= 0.6 is 0 Å². The van der Waals surface area contributed by atoms with Crippen LogP contribution in [0.3, 0.4) is 0 Å². The first-order valence-corrected chi connectivity index (χ1v) is 9.46. The van der Waals surface area contributed by atoms with Gasteiger partial charge in [-0.1, -0.05) is 18.2 Å². The maximum atomic E-state index is 12.6. The largest absolute Gasteiger partial charge is 0.492 e. The molecule has 0 radical (unpaired) electrons. The molecule has 29 heavy (non-hydrogen) atoms. The fraction of sp³-hybridized carbons (Fsp3) is 0.333. The number of carbonyl (C=O) groups is 2. The van der Waals surface area contributed by atoms with E-state index in [4.69, 9.17) is 13.9 Å². The minimum atomic E-state index is -0.707. The minimum absolute atomic E-state index is 0.231. The van der Waals surface area contributed by atoms with Crippen molar-refractivity contribution < 1.29 is 23.5 Å². The van der Waals surface area contributed by atoms with Gasteiger partial charge in [0, 0.05) is 18.8 Å². The Hall–Kier alpha value is -3.26. The zero-order valence-electron chi connectivity index (χ0n) is 16.5. The van der Waals surface area contributed by atoms with E-state index in [1.807, 2.05) is 42.3 Å². The van der Waals surface area contributed by atoms with Crippen LogP contribution in [0.5, 0.6) is 5.75 Å². The second-order valence-electron chi connectivity index (χ2n) is 6.56. The summed E-state index contributed by atoms with van der Waals surface area (Å²) in [5.74, 6) is 0.765. The fourth-order valence-corrected chi connectivity index (χ4v) is 3.05. The van der Waals surface area contributed by atoms with E-state index in [1.54, 1.807) is 19.1 Å². The van der Waals surface area contributed by atoms with Crippen molar-refractivity contribution in [3.8, 4) is 5.75 Å². The van der Waals surface area contributed by atoms with Crippen LogP contribution in [0.4, 0.5) is 4.79 Å². The molecule has 0 saturated carbocycles. The highest BCUT2D eigenvalue weighted by molar-refractivity contribution is 5.95. The number of nitrogens with zero attached hydrogens (tertiary/aromatic N) is 1. The molecule has 0 spiro atoms. The Kier molecular flexibility index (Phi) is 6.91. The molecular formula is C21H25N3O5. The number of ether oxygens (including phenoxy) is 2. The number of hydrogen-bond donors (Lipinski definition) is 2. The van der Waals surface area contributed by atoms with E-state index in [-0.39, 0.29) is 6.61 Å². The second-order valence-corrected chi connectivity index (χ2v) is 6.56. The number of para-hydroxylation sites is 1. The Labute approximate surface area is 169 Å². The van der Waals surface area contributed by atoms with Crippen molar-refractivity contribution in [1.29, 1.82) is 0 Å². The molecule has 0 bridgehead atoms. The van der Waals surface area contributed by atoms with Gasteiger partial charge in [-0.2, -0.15) is 0 Å². The summed E-state index contributed by atoms with van der Waals surface area (Å²) in [6, 6.07) is 11.8. The molecule has 3 rings (SSSR count). The zero-order valence-corrected chi connectivity index (χ0v) is 16.5. The predicted octanol–water partition coefficient (Wildman–Crippen LogP) is 2.46. The minimum Gasteiger partial charge on any atom is -0.492 e. The van der Waals surface area contributed by atoms with Gasteiger partial charge in [0.15, 0.2) is 0 Å². The number of nitrogens with one attached hydrogen (secondary N) is 2. The monoisotopic (exact) mass is 399 g/mol. The molecule has 1 aliphatic rings. The van der Waals surface area contributed by atoms with E-state index in [2.05, 4.69) is 10.6 Å². The first-order chi connectivity index (χ1) is 14.1. The zero-order chi connectivity index (χ0) is 20.6. The highest BCUT2D eigenvalue weighted by Crippen LogP contribution is 2.28. The molecule has 1 aliphatic heterocycles. The molecule has 154 valence electrons. The van der Waals surface area contributed by atoms with E-state index in [0.717, 1.165) is 5.75 Å². The maximum absolute atomic E-state index is 12.6. The Morgan fingerprint density at radius 3 is 2.69 bits per heavy atom. The molecule has 2 heterocycles. The second kappa shape index (κ2) is 9.79. The lowest BCUT2D eigenvalue weighted by molar-refractivity contribution is -0.139. The van der Waals surface area contributed by atoms with Crippen LogP contribution in [0, 0.1) is 0 Å². The molecule has 2 aromatic rings. The third kappa shape index (κ3) is 5.39. The highest BCUT2D eigenvalue weighted by atomic mass is 16.5. The molecule has 1 atom stereocenters. The van der Waals surface area contributed by atoms with Crippen LogP contribution in [0.1, 0.15) is 18.7 Å². The van der Waals surface area contributed by atoms with Gasteiger partial charge in [0.05, 0.1) is 18.4 Å². The van der Waals surface area contributed by atoms with Crippen LogP contribution in [0.15, 0.2) is 64.4 Å². The normalized spacial score (nSPS) is 16.4. The van der Waals surface area contributed by atoms with Crippen molar-refractivity contribution in [2.75, 3.05) is 33.4 Å². The van der Waals surface area contributed by atoms with Crippen LogP contribution in [0.25, 0.3) is 0 Å². The van der Waals surface area contributed by atoms with Gasteiger partial charge in [-0.25, -0.2) is 9.59 Å². The van der Waals surface area contributed by atoms with Crippen molar-refractivity contribution in [2.45, 2.75) is 13.0 Å². The molecule has 0 saturated heterocycles. The third-order valence-corrected chi connectivity index (χ3v) is 4.39. The molecule has 2 amide bonds. The Bertz CT molecular complexity index is 848. The molecule has 0 unspecified atom stereocenters. The van der Waals surface area contributed by atoms with E-state index in [9.17, 15) is 9.59 Å². The summed E-state index contributed by atoms with van der Waals surface area (Å²) in [6.45, 7) is 3.38. The third-order valence-electron chi connectivity index (χ3n) is 4.39. The van der Waals surface area contributed by atoms with E-state index < -0.39 is 18.0 Å². The topological polar surface area (TPSA) is 93.0 Å². The fourth-order valence-electron chi connectivity index (χ4n) is 3.05. The van der Waals surface area contributed by atoms with Crippen molar-refractivity contribution in [2.24, 2.45) is 0 Å². The summed E-state index contributed by atoms with van der Waals surface area (Å²) in [5.41, 5.74) is 0.813. The van der Waals surface area contributed by atoms with Crippen LogP contribution in [-0.2, 0) is 9.53 Å². The number of amides is 2. The van der Waals surface area contributed by atoms with Gasteiger partial charge in [0.2, 0.25) is 0 Å². The molecule has 8 heteroatoms. The van der Waals surface area contributed by atoms with Gasteiger partial charge in [-0.05, 0) is 38.2 Å². The lowest BCUT2D eigenvalue weighted by Crippen LogP contribution is -2.48. The summed E-state index contributed by atoms with van der Waals surface area (Å²) >= 11 is 0. The SMILES string of the molecule is CCOC(=O)C1=C(CN(C)CCOc2ccccc2)NC(=O)N[C@H]1c1ccco1. The van der Waals surface area contributed by atoms with E-state index in [1.165, 1.54) is 6.26 Å². The number of rotatable bonds is 9. The molecular weight excluding hydrogens is 374 g/mol. The van der Waals surface area contributed by atoms with Gasteiger partial charge in [0.25, 0.3) is 0 Å². The number of urea groups is 1. The van der Waals surface area contributed by atoms with Crippen molar-refractivity contribution in [3.05, 3.63) is 65.8 Å². The average molecular weight is 399 g/mol. The maximum Gasteiger partial charge on any atom is 0.338 e. The predicted molar refractivity (Wildman–Crippen MR) is 106 cm³/mol. The van der Waals surface area contributed by atoms with Gasteiger partial charge in [-0.3, -0.25) is 4.90 Å².